The Hall–Kier alpha value is -1.42. The number of nitrogens with zero attached hydrogens (tertiary/aromatic N) is 1. The lowest BCUT2D eigenvalue weighted by molar-refractivity contribution is -0.123. The van der Waals surface area contributed by atoms with Crippen molar-refractivity contribution in [3.63, 3.8) is 0 Å². The van der Waals surface area contributed by atoms with Crippen molar-refractivity contribution in [3.8, 4) is 0 Å². The topological polar surface area (TPSA) is 68.0 Å². The van der Waals surface area contributed by atoms with E-state index in [-0.39, 0.29) is 11.8 Å². The zero-order valence-corrected chi connectivity index (χ0v) is 10.7. The molecule has 0 aliphatic carbocycles. The van der Waals surface area contributed by atoms with Gasteiger partial charge in [0, 0.05) is 18.9 Å². The highest BCUT2D eigenvalue weighted by atomic mass is 16.2. The van der Waals surface area contributed by atoms with Gasteiger partial charge in [0.1, 0.15) is 0 Å². The number of carbonyl (C=O) groups excluding carboxylic acids is 1. The van der Waals surface area contributed by atoms with E-state index in [0.29, 0.717) is 6.54 Å². The quantitative estimate of drug-likeness (QED) is 0.810. The van der Waals surface area contributed by atoms with Crippen molar-refractivity contribution in [2.24, 2.45) is 11.7 Å². The summed E-state index contributed by atoms with van der Waals surface area (Å²) >= 11 is 0. The van der Waals surface area contributed by atoms with Crippen LogP contribution in [0, 0.1) is 12.8 Å². The van der Waals surface area contributed by atoms with Gasteiger partial charge in [-0.1, -0.05) is 20.3 Å². The summed E-state index contributed by atoms with van der Waals surface area (Å²) in [6.45, 7) is 6.51. The summed E-state index contributed by atoms with van der Waals surface area (Å²) in [5, 5.41) is 2.86. The summed E-state index contributed by atoms with van der Waals surface area (Å²) in [7, 11) is 0. The molecule has 1 aromatic heterocycles. The van der Waals surface area contributed by atoms with Crippen LogP contribution in [0.3, 0.4) is 0 Å². The van der Waals surface area contributed by atoms with Crippen molar-refractivity contribution < 1.29 is 4.79 Å². The van der Waals surface area contributed by atoms with E-state index in [1.54, 1.807) is 12.4 Å². The number of hydrogen-bond acceptors (Lipinski definition) is 3. The third-order valence-corrected chi connectivity index (χ3v) is 3.15. The van der Waals surface area contributed by atoms with Crippen LogP contribution in [0.1, 0.15) is 31.4 Å². The van der Waals surface area contributed by atoms with Crippen molar-refractivity contribution in [3.05, 3.63) is 29.6 Å². The van der Waals surface area contributed by atoms with Gasteiger partial charge >= 0.3 is 0 Å². The molecule has 0 bridgehead atoms. The molecule has 17 heavy (non-hydrogen) atoms. The minimum absolute atomic E-state index is 0.0874. The largest absolute Gasteiger partial charge is 0.351 e. The molecule has 4 heteroatoms. The van der Waals surface area contributed by atoms with Crippen LogP contribution in [0.4, 0.5) is 0 Å². The van der Waals surface area contributed by atoms with E-state index >= 15 is 0 Å². The molecule has 0 saturated carbocycles. The van der Waals surface area contributed by atoms with Crippen LogP contribution in [-0.2, 0) is 11.3 Å². The standard InChI is InChI=1S/C13H21N3O/c1-4-9(2)12(14)13(17)16-8-11-5-6-15-7-10(11)3/h5-7,9,12H,4,8,14H2,1-3H3,(H,16,17)/t9?,12-/m0/s1. The molecule has 4 nitrogen and oxygen atoms in total. The second kappa shape index (κ2) is 6.35. The SMILES string of the molecule is CCC(C)[C@H](N)C(=O)NCc1ccncc1C. The molecule has 1 rings (SSSR count). The Kier molecular flexibility index (Phi) is 5.10. The van der Waals surface area contributed by atoms with Gasteiger partial charge in [0.2, 0.25) is 5.91 Å². The fourth-order valence-electron chi connectivity index (χ4n) is 1.51. The highest BCUT2D eigenvalue weighted by Crippen LogP contribution is 2.07. The van der Waals surface area contributed by atoms with E-state index in [9.17, 15) is 4.79 Å². The molecular formula is C13H21N3O. The van der Waals surface area contributed by atoms with Gasteiger partial charge in [-0.25, -0.2) is 0 Å². The Morgan fingerprint density at radius 2 is 2.29 bits per heavy atom. The van der Waals surface area contributed by atoms with Gasteiger partial charge in [-0.05, 0) is 30.0 Å². The fraction of sp³-hybridized carbons (Fsp3) is 0.538. The number of nitrogens with one attached hydrogen (secondary N) is 1. The molecule has 2 atom stereocenters. The van der Waals surface area contributed by atoms with E-state index in [1.807, 2.05) is 26.8 Å². The number of hydrogen-bond donors (Lipinski definition) is 2. The van der Waals surface area contributed by atoms with Gasteiger partial charge in [-0.15, -0.1) is 0 Å². The maximum absolute atomic E-state index is 11.8. The number of carbonyl (C=O) groups is 1. The van der Waals surface area contributed by atoms with E-state index in [4.69, 9.17) is 5.73 Å². The Balaban J connectivity index is 2.51. The van der Waals surface area contributed by atoms with Crippen LogP contribution in [0.5, 0.6) is 0 Å². The Morgan fingerprint density at radius 1 is 1.59 bits per heavy atom. The van der Waals surface area contributed by atoms with Gasteiger partial charge in [0.05, 0.1) is 6.04 Å². The summed E-state index contributed by atoms with van der Waals surface area (Å²) in [5.74, 6) is 0.115. The summed E-state index contributed by atoms with van der Waals surface area (Å²) in [6, 6.07) is 1.48. The molecule has 0 saturated heterocycles. The highest BCUT2D eigenvalue weighted by Gasteiger charge is 2.18. The van der Waals surface area contributed by atoms with Crippen LogP contribution in [0.2, 0.25) is 0 Å². The Bertz CT molecular complexity index is 379. The summed E-state index contributed by atoms with van der Waals surface area (Å²) < 4.78 is 0. The Morgan fingerprint density at radius 3 is 2.88 bits per heavy atom. The molecule has 0 aliphatic heterocycles. The predicted octanol–water partition coefficient (Wildman–Crippen LogP) is 1.38. The van der Waals surface area contributed by atoms with Crippen LogP contribution in [0.15, 0.2) is 18.5 Å². The first-order valence-electron chi connectivity index (χ1n) is 5.99. The number of rotatable bonds is 5. The minimum atomic E-state index is -0.429. The minimum Gasteiger partial charge on any atom is -0.351 e. The third-order valence-electron chi connectivity index (χ3n) is 3.15. The van der Waals surface area contributed by atoms with Crippen LogP contribution < -0.4 is 11.1 Å². The predicted molar refractivity (Wildman–Crippen MR) is 68.3 cm³/mol. The summed E-state index contributed by atoms with van der Waals surface area (Å²) in [4.78, 5) is 15.8. The van der Waals surface area contributed by atoms with Crippen molar-refractivity contribution in [1.82, 2.24) is 10.3 Å². The van der Waals surface area contributed by atoms with E-state index in [1.165, 1.54) is 0 Å². The number of amides is 1. The normalized spacial score (nSPS) is 14.1. The molecule has 0 fully saturated rings. The lowest BCUT2D eigenvalue weighted by atomic mass is 9.99. The molecule has 1 aromatic rings. The summed E-state index contributed by atoms with van der Waals surface area (Å²) in [6.07, 6.45) is 4.42. The Labute approximate surface area is 103 Å². The van der Waals surface area contributed by atoms with Gasteiger partial charge in [0.25, 0.3) is 0 Å². The molecule has 94 valence electrons. The third kappa shape index (κ3) is 3.82. The van der Waals surface area contributed by atoms with Crippen LogP contribution in [0.25, 0.3) is 0 Å². The lowest BCUT2D eigenvalue weighted by Crippen LogP contribution is -2.44. The maximum atomic E-state index is 11.8. The first-order chi connectivity index (χ1) is 8.06. The number of aryl methyl sites for hydroxylation is 1. The molecule has 0 aromatic carbocycles. The first kappa shape index (κ1) is 13.6. The van der Waals surface area contributed by atoms with Gasteiger partial charge in [-0.3, -0.25) is 9.78 Å². The zero-order valence-electron chi connectivity index (χ0n) is 10.7. The number of aromatic nitrogens is 1. The number of pyridine rings is 1. The van der Waals surface area contributed by atoms with E-state index in [0.717, 1.165) is 17.5 Å². The second-order valence-electron chi connectivity index (χ2n) is 4.43. The number of nitrogens with two attached hydrogens (primary N) is 1. The monoisotopic (exact) mass is 235 g/mol. The van der Waals surface area contributed by atoms with Crippen molar-refractivity contribution >= 4 is 5.91 Å². The van der Waals surface area contributed by atoms with Crippen molar-refractivity contribution in [2.75, 3.05) is 0 Å². The van der Waals surface area contributed by atoms with Crippen LogP contribution in [-0.4, -0.2) is 16.9 Å². The molecule has 1 heterocycles. The smallest absolute Gasteiger partial charge is 0.237 e. The molecule has 0 spiro atoms. The van der Waals surface area contributed by atoms with Crippen LogP contribution >= 0.6 is 0 Å². The van der Waals surface area contributed by atoms with E-state index in [2.05, 4.69) is 10.3 Å². The van der Waals surface area contributed by atoms with Gasteiger partial charge < -0.3 is 11.1 Å². The fourth-order valence-corrected chi connectivity index (χ4v) is 1.51. The average Bonchev–Trinajstić information content (AvgIpc) is 2.35. The molecule has 3 N–H and O–H groups in total. The maximum Gasteiger partial charge on any atom is 0.237 e. The molecule has 1 amide bonds. The lowest BCUT2D eigenvalue weighted by Gasteiger charge is -2.18. The average molecular weight is 235 g/mol. The molecule has 0 aliphatic rings. The van der Waals surface area contributed by atoms with Gasteiger partial charge in [0.15, 0.2) is 0 Å². The summed E-state index contributed by atoms with van der Waals surface area (Å²) in [5.41, 5.74) is 8.00. The first-order valence-corrected chi connectivity index (χ1v) is 5.99. The molecule has 1 unspecified atom stereocenters. The second-order valence-corrected chi connectivity index (χ2v) is 4.43. The molecular weight excluding hydrogens is 214 g/mol. The van der Waals surface area contributed by atoms with E-state index < -0.39 is 6.04 Å². The van der Waals surface area contributed by atoms with Crippen molar-refractivity contribution in [1.29, 1.82) is 0 Å². The molecule has 0 radical (unpaired) electrons. The van der Waals surface area contributed by atoms with Crippen molar-refractivity contribution in [2.45, 2.75) is 39.8 Å². The zero-order chi connectivity index (χ0) is 12.8. The highest BCUT2D eigenvalue weighted by molar-refractivity contribution is 5.81. The van der Waals surface area contributed by atoms with Gasteiger partial charge in [-0.2, -0.15) is 0 Å².